The molecule has 0 N–H and O–H groups in total. The zero-order valence-electron chi connectivity index (χ0n) is 14.9. The first kappa shape index (κ1) is 16.9. The van der Waals surface area contributed by atoms with E-state index in [4.69, 9.17) is 9.15 Å². The van der Waals surface area contributed by atoms with Crippen molar-refractivity contribution in [3.8, 4) is 16.9 Å². The predicted molar refractivity (Wildman–Crippen MR) is 110 cm³/mol. The van der Waals surface area contributed by atoms with Crippen LogP contribution < -0.4 is 10.4 Å². The van der Waals surface area contributed by atoms with Gasteiger partial charge >= 0.3 is 5.63 Å². The van der Waals surface area contributed by atoms with Crippen LogP contribution in [0.2, 0.25) is 0 Å². The van der Waals surface area contributed by atoms with E-state index < -0.39 is 0 Å². The van der Waals surface area contributed by atoms with Crippen molar-refractivity contribution in [3.05, 3.63) is 100 Å². The van der Waals surface area contributed by atoms with Crippen LogP contribution in [-0.2, 0) is 0 Å². The lowest BCUT2D eigenvalue weighted by atomic mass is 9.97. The van der Waals surface area contributed by atoms with Crippen LogP contribution in [-0.4, -0.2) is 7.11 Å². The molecule has 0 aliphatic heterocycles. The second-order valence-electron chi connectivity index (χ2n) is 6.15. The fourth-order valence-electron chi connectivity index (χ4n) is 3.13. The molecule has 0 aliphatic rings. The molecule has 3 nitrogen and oxygen atoms in total. The smallest absolute Gasteiger partial charge is 0.344 e. The molecule has 27 heavy (non-hydrogen) atoms. The second kappa shape index (κ2) is 7.34. The summed E-state index contributed by atoms with van der Waals surface area (Å²) in [6, 6.07) is 25.1. The summed E-state index contributed by atoms with van der Waals surface area (Å²) in [7, 11) is 1.59. The van der Waals surface area contributed by atoms with Gasteiger partial charge in [-0.2, -0.15) is 0 Å². The molecule has 0 fully saturated rings. The van der Waals surface area contributed by atoms with Gasteiger partial charge in [0.1, 0.15) is 11.3 Å². The molecule has 3 heteroatoms. The number of hydrogen-bond donors (Lipinski definition) is 0. The average Bonchev–Trinajstić information content (AvgIpc) is 2.72. The van der Waals surface area contributed by atoms with Crippen molar-refractivity contribution in [1.29, 1.82) is 0 Å². The minimum absolute atomic E-state index is 0.366. The van der Waals surface area contributed by atoms with Crippen LogP contribution in [0.4, 0.5) is 0 Å². The van der Waals surface area contributed by atoms with Gasteiger partial charge in [0, 0.05) is 17.0 Å². The molecule has 0 aliphatic carbocycles. The van der Waals surface area contributed by atoms with Crippen LogP contribution in [0.1, 0.15) is 11.1 Å². The maximum absolute atomic E-state index is 12.8. The fraction of sp³-hybridized carbons (Fsp3) is 0.0417. The lowest BCUT2D eigenvalue weighted by Crippen LogP contribution is -2.06. The Morgan fingerprint density at radius 1 is 0.852 bits per heavy atom. The maximum atomic E-state index is 12.8. The van der Waals surface area contributed by atoms with Crippen LogP contribution >= 0.6 is 0 Å². The Labute approximate surface area is 157 Å². The summed E-state index contributed by atoms with van der Waals surface area (Å²) >= 11 is 0. The van der Waals surface area contributed by atoms with Gasteiger partial charge in [0.05, 0.1) is 12.7 Å². The first-order valence-electron chi connectivity index (χ1n) is 8.69. The first-order chi connectivity index (χ1) is 13.3. The van der Waals surface area contributed by atoms with Crippen LogP contribution in [0.3, 0.4) is 0 Å². The molecular formula is C24H18O3. The van der Waals surface area contributed by atoms with Crippen LogP contribution in [0.15, 0.2) is 88.1 Å². The normalized spacial score (nSPS) is 11.1. The second-order valence-corrected chi connectivity index (χ2v) is 6.15. The lowest BCUT2D eigenvalue weighted by molar-refractivity contribution is 0.414. The molecule has 4 aromatic rings. The first-order valence-corrected chi connectivity index (χ1v) is 8.69. The van der Waals surface area contributed by atoms with Crippen molar-refractivity contribution < 1.29 is 9.15 Å². The third-order valence-corrected chi connectivity index (χ3v) is 4.46. The van der Waals surface area contributed by atoms with Gasteiger partial charge < -0.3 is 9.15 Å². The van der Waals surface area contributed by atoms with Crippen molar-refractivity contribution in [2.75, 3.05) is 7.11 Å². The maximum Gasteiger partial charge on any atom is 0.344 e. The summed E-state index contributed by atoms with van der Waals surface area (Å²) in [4.78, 5) is 12.8. The molecule has 0 saturated heterocycles. The number of benzene rings is 3. The quantitative estimate of drug-likeness (QED) is 0.445. The number of hydrogen-bond acceptors (Lipinski definition) is 3. The van der Waals surface area contributed by atoms with E-state index in [9.17, 15) is 4.79 Å². The standard InChI is InChI=1S/C24H18O3/c1-26-19-13-15-20-21(14-12-17-8-4-2-5-9-17)23(18-10-6-3-7-11-18)24(25)27-22(20)16-19/h2-16H,1H3. The van der Waals surface area contributed by atoms with E-state index in [0.29, 0.717) is 16.9 Å². The molecule has 0 bridgehead atoms. The van der Waals surface area contributed by atoms with Gasteiger partial charge in [0.15, 0.2) is 0 Å². The Balaban J connectivity index is 1.99. The van der Waals surface area contributed by atoms with Crippen molar-refractivity contribution in [1.82, 2.24) is 0 Å². The summed E-state index contributed by atoms with van der Waals surface area (Å²) in [5, 5.41) is 0.862. The predicted octanol–water partition coefficient (Wildman–Crippen LogP) is 5.64. The highest BCUT2D eigenvalue weighted by molar-refractivity contribution is 5.96. The summed E-state index contributed by atoms with van der Waals surface area (Å²) in [6.45, 7) is 0. The Hall–Kier alpha value is -3.59. The van der Waals surface area contributed by atoms with Gasteiger partial charge in [0.25, 0.3) is 0 Å². The van der Waals surface area contributed by atoms with Crippen molar-refractivity contribution in [2.24, 2.45) is 0 Å². The van der Waals surface area contributed by atoms with Gasteiger partial charge in [-0.15, -0.1) is 0 Å². The zero-order valence-corrected chi connectivity index (χ0v) is 14.9. The van der Waals surface area contributed by atoms with Gasteiger partial charge in [-0.05, 0) is 23.3 Å². The van der Waals surface area contributed by atoms with Gasteiger partial charge in [-0.3, -0.25) is 0 Å². The van der Waals surface area contributed by atoms with E-state index in [-0.39, 0.29) is 5.63 Å². The molecule has 1 aromatic heterocycles. The van der Waals surface area contributed by atoms with Gasteiger partial charge in [-0.1, -0.05) is 72.8 Å². The lowest BCUT2D eigenvalue weighted by Gasteiger charge is -2.10. The average molecular weight is 354 g/mol. The highest BCUT2D eigenvalue weighted by atomic mass is 16.5. The Morgan fingerprint density at radius 3 is 2.26 bits per heavy atom. The van der Waals surface area contributed by atoms with E-state index in [1.165, 1.54) is 0 Å². The minimum Gasteiger partial charge on any atom is -0.497 e. The van der Waals surface area contributed by atoms with E-state index in [1.54, 1.807) is 13.2 Å². The molecule has 0 saturated carbocycles. The van der Waals surface area contributed by atoms with E-state index in [1.807, 2.05) is 84.9 Å². The third-order valence-electron chi connectivity index (χ3n) is 4.46. The van der Waals surface area contributed by atoms with Crippen LogP contribution in [0.5, 0.6) is 5.75 Å². The molecule has 1 heterocycles. The number of fused-ring (bicyclic) bond motifs is 1. The van der Waals surface area contributed by atoms with Gasteiger partial charge in [0.2, 0.25) is 0 Å². The van der Waals surface area contributed by atoms with Crippen LogP contribution in [0, 0.1) is 0 Å². The zero-order chi connectivity index (χ0) is 18.6. The molecule has 0 atom stereocenters. The summed E-state index contributed by atoms with van der Waals surface area (Å²) in [6.07, 6.45) is 3.98. The highest BCUT2D eigenvalue weighted by Crippen LogP contribution is 2.31. The molecule has 3 aromatic carbocycles. The molecule has 0 radical (unpaired) electrons. The fourth-order valence-corrected chi connectivity index (χ4v) is 3.13. The topological polar surface area (TPSA) is 39.4 Å². The summed E-state index contributed by atoms with van der Waals surface area (Å²) in [5.74, 6) is 0.649. The van der Waals surface area contributed by atoms with E-state index >= 15 is 0 Å². The Bertz CT molecular complexity index is 1160. The molecule has 0 unspecified atom stereocenters. The summed E-state index contributed by atoms with van der Waals surface area (Å²) < 4.78 is 10.9. The molecule has 132 valence electrons. The van der Waals surface area contributed by atoms with Crippen LogP contribution in [0.25, 0.3) is 34.2 Å². The van der Waals surface area contributed by atoms with Crippen molar-refractivity contribution in [3.63, 3.8) is 0 Å². The monoisotopic (exact) mass is 354 g/mol. The number of methoxy groups -OCH3 is 1. The largest absolute Gasteiger partial charge is 0.497 e. The SMILES string of the molecule is COc1ccc2c(C=Cc3ccccc3)c(-c3ccccc3)c(=O)oc2c1. The number of ether oxygens (including phenoxy) is 1. The minimum atomic E-state index is -0.366. The molecule has 0 spiro atoms. The van der Waals surface area contributed by atoms with E-state index in [0.717, 1.165) is 22.1 Å². The van der Waals surface area contributed by atoms with Gasteiger partial charge in [-0.25, -0.2) is 4.79 Å². The van der Waals surface area contributed by atoms with Crippen molar-refractivity contribution >= 4 is 23.1 Å². The van der Waals surface area contributed by atoms with Crippen molar-refractivity contribution in [2.45, 2.75) is 0 Å². The molecule has 0 amide bonds. The third kappa shape index (κ3) is 3.40. The Kier molecular flexibility index (Phi) is 4.58. The summed E-state index contributed by atoms with van der Waals surface area (Å²) in [5.41, 5.74) is 3.42. The van der Waals surface area contributed by atoms with E-state index in [2.05, 4.69) is 0 Å². The molecular weight excluding hydrogens is 336 g/mol. The Morgan fingerprint density at radius 2 is 1.56 bits per heavy atom. The molecule has 4 rings (SSSR count). The number of rotatable bonds is 4. The highest BCUT2D eigenvalue weighted by Gasteiger charge is 2.15.